The Morgan fingerprint density at radius 1 is 0.800 bits per heavy atom. The van der Waals surface area contributed by atoms with E-state index in [0.29, 0.717) is 11.3 Å². The molecule has 0 saturated heterocycles. The topological polar surface area (TPSA) is 26.0 Å². The fourth-order valence-corrected chi connectivity index (χ4v) is 6.97. The van der Waals surface area contributed by atoms with Crippen molar-refractivity contribution in [3.8, 4) is 21.7 Å². The minimum Gasteiger partial charge on any atom is -0.513 e. The maximum absolute atomic E-state index is 7.28. The molecule has 5 heteroatoms. The van der Waals surface area contributed by atoms with Crippen LogP contribution < -0.4 is 0 Å². The predicted octanol–water partition coefficient (Wildman–Crippen LogP) is 10.4. The van der Waals surface area contributed by atoms with Crippen LogP contribution in [0.15, 0.2) is 102 Å². The number of rotatable bonds is 2. The largest absolute Gasteiger partial charge is 3.00 e. The number of aryl methyl sites for hydroxylation is 2. The SMILES string of the molecule is [2H]C([2H])([2H])c1c[c-]c(-c2ccc(C([2H])([2H])[2H])cn2)cc1.[Ir+3].[c-]1ccc2c(oc3ccccc32)c1-c1[c-]c2sc3ccccc3c2s1. The molecule has 0 aliphatic heterocycles. The number of nitrogens with zero attached hydrogens (tertiary/aromatic N) is 1. The van der Waals surface area contributed by atoms with Gasteiger partial charge < -0.3 is 9.40 Å². The number of pyridine rings is 1. The van der Waals surface area contributed by atoms with Gasteiger partial charge in [0, 0.05) is 24.5 Å². The molecule has 2 nitrogen and oxygen atoms in total. The number of hydrogen-bond donors (Lipinski definition) is 0. The Morgan fingerprint density at radius 3 is 2.42 bits per heavy atom. The minimum atomic E-state index is -2.18. The predicted molar refractivity (Wildman–Crippen MR) is 166 cm³/mol. The second-order valence-electron chi connectivity index (χ2n) is 8.93. The van der Waals surface area contributed by atoms with E-state index in [1.54, 1.807) is 34.8 Å². The van der Waals surface area contributed by atoms with Crippen LogP contribution in [0.25, 0.3) is 63.1 Å². The first-order chi connectivity index (χ1) is 21.6. The Balaban J connectivity index is 0.000000163. The van der Waals surface area contributed by atoms with Crippen LogP contribution in [-0.2, 0) is 20.1 Å². The molecule has 0 bridgehead atoms. The number of fused-ring (bicyclic) bond motifs is 6. The van der Waals surface area contributed by atoms with Gasteiger partial charge in [0.25, 0.3) is 0 Å². The van der Waals surface area contributed by atoms with Crippen molar-refractivity contribution in [3.63, 3.8) is 0 Å². The number of aromatic nitrogens is 1. The van der Waals surface area contributed by atoms with Gasteiger partial charge in [-0.3, -0.25) is 11.3 Å². The van der Waals surface area contributed by atoms with E-state index < -0.39 is 13.7 Å². The zero-order valence-electron chi connectivity index (χ0n) is 26.7. The molecule has 40 heavy (non-hydrogen) atoms. The van der Waals surface area contributed by atoms with Crippen molar-refractivity contribution >= 4 is 64.1 Å². The summed E-state index contributed by atoms with van der Waals surface area (Å²) < 4.78 is 53.6. The van der Waals surface area contributed by atoms with Crippen molar-refractivity contribution < 1.29 is 32.7 Å². The van der Waals surface area contributed by atoms with Gasteiger partial charge in [-0.2, -0.15) is 33.9 Å². The summed E-state index contributed by atoms with van der Waals surface area (Å²) in [6.45, 7) is -4.34. The van der Waals surface area contributed by atoms with Crippen LogP contribution in [-0.4, -0.2) is 4.98 Å². The summed E-state index contributed by atoms with van der Waals surface area (Å²) in [6, 6.07) is 38.2. The summed E-state index contributed by atoms with van der Waals surface area (Å²) in [5.41, 5.74) is 4.37. The molecule has 4 heterocycles. The van der Waals surface area contributed by atoms with Crippen molar-refractivity contribution in [3.05, 3.63) is 127 Å². The summed E-state index contributed by atoms with van der Waals surface area (Å²) in [7, 11) is 0. The fourth-order valence-electron chi connectivity index (χ4n) is 4.55. The molecule has 0 amide bonds. The molecule has 4 aromatic heterocycles. The van der Waals surface area contributed by atoms with Gasteiger partial charge in [0.2, 0.25) is 0 Å². The Hall–Kier alpha value is -3.60. The van der Waals surface area contributed by atoms with E-state index in [1.807, 2.05) is 24.3 Å². The molecule has 0 atom stereocenters. The molecule has 0 saturated carbocycles. The third kappa shape index (κ3) is 4.91. The van der Waals surface area contributed by atoms with E-state index in [2.05, 4.69) is 59.6 Å². The van der Waals surface area contributed by atoms with Crippen LogP contribution in [0, 0.1) is 31.9 Å². The summed E-state index contributed by atoms with van der Waals surface area (Å²) in [4.78, 5) is 5.17. The van der Waals surface area contributed by atoms with E-state index in [-0.39, 0.29) is 31.2 Å². The number of benzene rings is 4. The Kier molecular flexibility index (Phi) is 5.64. The van der Waals surface area contributed by atoms with Crippen LogP contribution in [0.1, 0.15) is 19.4 Å². The van der Waals surface area contributed by atoms with E-state index >= 15 is 0 Å². The van der Waals surface area contributed by atoms with Crippen molar-refractivity contribution in [2.75, 3.05) is 0 Å². The quantitative estimate of drug-likeness (QED) is 0.165. The third-order valence-electron chi connectivity index (χ3n) is 6.40. The molecule has 0 aliphatic rings. The standard InChI is InChI=1S/C22H10OS2.C13H12N.Ir/c1-3-10-17-13(6-1)14-8-5-9-15(21(14)23-17)19-12-20-22(25-19)16-7-2-4-11-18(16)24-20;1-10-3-6-12(7-4-10)13-8-5-11(2)9-14-13;/h1-8,10-11H;3-6,8-9H,1-2H3;/q-2;-1;+3/i;1D3,2D3;. The van der Waals surface area contributed by atoms with Crippen LogP contribution in [0.3, 0.4) is 0 Å². The number of hydrogen-bond acceptors (Lipinski definition) is 4. The van der Waals surface area contributed by atoms with E-state index in [9.17, 15) is 0 Å². The fraction of sp³-hybridized carbons (Fsp3) is 0.0571. The molecule has 0 unspecified atom stereocenters. The zero-order valence-corrected chi connectivity index (χ0v) is 24.8. The Morgan fingerprint density at radius 2 is 1.62 bits per heavy atom. The smallest absolute Gasteiger partial charge is 0.513 e. The summed E-state index contributed by atoms with van der Waals surface area (Å²) in [6.07, 6.45) is 1.30. The van der Waals surface area contributed by atoms with Crippen molar-refractivity contribution in [2.45, 2.75) is 13.7 Å². The van der Waals surface area contributed by atoms with Crippen LogP contribution in [0.4, 0.5) is 0 Å². The van der Waals surface area contributed by atoms with E-state index in [0.717, 1.165) is 32.4 Å². The molecule has 8 rings (SSSR count). The molecule has 8 aromatic rings. The van der Waals surface area contributed by atoms with Crippen molar-refractivity contribution in [1.29, 1.82) is 0 Å². The van der Waals surface area contributed by atoms with Gasteiger partial charge in [0.1, 0.15) is 5.58 Å². The maximum Gasteiger partial charge on any atom is 3.00 e. The summed E-state index contributed by atoms with van der Waals surface area (Å²) in [5.74, 6) is 0. The molecule has 0 radical (unpaired) electrons. The van der Waals surface area contributed by atoms with E-state index in [4.69, 9.17) is 12.6 Å². The van der Waals surface area contributed by atoms with Gasteiger partial charge in [0.15, 0.2) is 0 Å². The maximum atomic E-state index is 7.28. The molecule has 0 aliphatic carbocycles. The Labute approximate surface area is 262 Å². The van der Waals surface area contributed by atoms with Crippen LogP contribution >= 0.6 is 22.7 Å². The molecule has 4 aromatic carbocycles. The first kappa shape index (κ1) is 20.3. The normalized spacial score (nSPS) is 13.9. The van der Waals surface area contributed by atoms with Crippen LogP contribution in [0.2, 0.25) is 0 Å². The third-order valence-corrected chi connectivity index (χ3v) is 8.75. The average Bonchev–Trinajstić information content (AvgIpc) is 3.72. The van der Waals surface area contributed by atoms with Gasteiger partial charge in [0.05, 0.1) is 0 Å². The van der Waals surface area contributed by atoms with Crippen LogP contribution in [0.5, 0.6) is 0 Å². The van der Waals surface area contributed by atoms with Crippen molar-refractivity contribution in [2.24, 2.45) is 0 Å². The first-order valence-corrected chi connectivity index (χ1v) is 13.8. The first-order valence-electron chi connectivity index (χ1n) is 15.2. The Bertz CT molecular complexity index is 2240. The molecular weight excluding hydrogens is 707 g/mol. The summed E-state index contributed by atoms with van der Waals surface area (Å²) >= 11 is 3.57. The molecule has 0 spiro atoms. The van der Waals surface area contributed by atoms with Gasteiger partial charge in [-0.1, -0.05) is 70.2 Å². The zero-order chi connectivity index (χ0) is 31.3. The minimum absolute atomic E-state index is 0. The average molecular weight is 735 g/mol. The van der Waals surface area contributed by atoms with Gasteiger partial charge in [-0.15, -0.1) is 41.5 Å². The van der Waals surface area contributed by atoms with Gasteiger partial charge in [-0.05, 0) is 41.2 Å². The molecule has 194 valence electrons. The number of para-hydroxylation sites is 1. The van der Waals surface area contributed by atoms with E-state index in [1.165, 1.54) is 43.9 Å². The number of thiophene rings is 2. The van der Waals surface area contributed by atoms with Crippen molar-refractivity contribution in [1.82, 2.24) is 4.98 Å². The van der Waals surface area contributed by atoms with Gasteiger partial charge in [-0.25, -0.2) is 6.07 Å². The monoisotopic (exact) mass is 735 g/mol. The number of furan rings is 1. The molecule has 0 fully saturated rings. The summed E-state index contributed by atoms with van der Waals surface area (Å²) in [5, 5.41) is 3.60. The van der Waals surface area contributed by atoms with Gasteiger partial charge >= 0.3 is 20.1 Å². The molecular formula is C35H22IrNOS2. The molecule has 0 N–H and O–H groups in total. The second kappa shape index (κ2) is 11.1. The second-order valence-corrected chi connectivity index (χ2v) is 11.0.